The van der Waals surface area contributed by atoms with E-state index < -0.39 is 17.8 Å². The van der Waals surface area contributed by atoms with Crippen molar-refractivity contribution in [2.45, 2.75) is 40.2 Å². The van der Waals surface area contributed by atoms with Crippen LogP contribution in [0.25, 0.3) is 0 Å². The Balaban J connectivity index is 1.47. The highest BCUT2D eigenvalue weighted by atomic mass is 19.1. The van der Waals surface area contributed by atoms with Gasteiger partial charge in [0.25, 0.3) is 0 Å². The van der Waals surface area contributed by atoms with Crippen LogP contribution in [0.3, 0.4) is 0 Å². The second-order valence-corrected chi connectivity index (χ2v) is 8.66. The molecule has 2 fully saturated rings. The van der Waals surface area contributed by atoms with Gasteiger partial charge < -0.3 is 5.32 Å². The summed E-state index contributed by atoms with van der Waals surface area (Å²) in [5, 5.41) is 2.85. The smallest absolute Gasteiger partial charge is 0.335 e. The van der Waals surface area contributed by atoms with Gasteiger partial charge in [0.1, 0.15) is 5.82 Å². The van der Waals surface area contributed by atoms with E-state index in [2.05, 4.69) is 5.32 Å². The molecular formula is C22H29FN4O4. The predicted octanol–water partition coefficient (Wildman–Crippen LogP) is 1.87. The van der Waals surface area contributed by atoms with Gasteiger partial charge in [0.2, 0.25) is 5.91 Å². The van der Waals surface area contributed by atoms with E-state index in [0.717, 1.165) is 9.80 Å². The molecule has 5 amide bonds. The van der Waals surface area contributed by atoms with Gasteiger partial charge in [0.05, 0.1) is 6.67 Å². The molecule has 0 aliphatic carbocycles. The maximum absolute atomic E-state index is 13.6. The number of carbonyl (C=O) groups is 4. The van der Waals surface area contributed by atoms with E-state index in [4.69, 9.17) is 0 Å². The molecule has 1 aromatic carbocycles. The third-order valence-corrected chi connectivity index (χ3v) is 5.69. The zero-order valence-electron chi connectivity index (χ0n) is 18.2. The third-order valence-electron chi connectivity index (χ3n) is 5.69. The zero-order chi connectivity index (χ0) is 22.7. The molecule has 2 heterocycles. The van der Waals surface area contributed by atoms with E-state index in [-0.39, 0.29) is 43.3 Å². The van der Waals surface area contributed by atoms with E-state index in [1.54, 1.807) is 19.1 Å². The minimum Gasteiger partial charge on any atom is -0.352 e. The molecule has 0 radical (unpaired) electrons. The van der Waals surface area contributed by atoms with Crippen molar-refractivity contribution < 1.29 is 23.6 Å². The summed E-state index contributed by atoms with van der Waals surface area (Å²) >= 11 is 0. The fraction of sp³-hybridized carbons (Fsp3) is 0.545. The fourth-order valence-electron chi connectivity index (χ4n) is 3.82. The average molecular weight is 432 g/mol. The molecule has 2 aliphatic heterocycles. The van der Waals surface area contributed by atoms with Crippen LogP contribution >= 0.6 is 0 Å². The Labute approximate surface area is 181 Å². The number of urea groups is 1. The number of halogens is 1. The Hall–Kier alpha value is -2.81. The number of imide groups is 2. The van der Waals surface area contributed by atoms with Crippen molar-refractivity contribution in [1.29, 1.82) is 0 Å². The van der Waals surface area contributed by atoms with Crippen LogP contribution in [0, 0.1) is 24.6 Å². The molecule has 0 unspecified atom stereocenters. The number of likely N-dealkylation sites (tertiary alicyclic amines) is 1. The van der Waals surface area contributed by atoms with Crippen LogP contribution in [0.4, 0.5) is 9.18 Å². The van der Waals surface area contributed by atoms with Crippen molar-refractivity contribution >= 4 is 23.8 Å². The van der Waals surface area contributed by atoms with Gasteiger partial charge in [0, 0.05) is 32.1 Å². The normalized spacial score (nSPS) is 18.4. The molecule has 0 atom stereocenters. The van der Waals surface area contributed by atoms with Gasteiger partial charge in [-0.05, 0) is 42.9 Å². The average Bonchev–Trinajstić information content (AvgIpc) is 2.93. The molecule has 168 valence electrons. The highest BCUT2D eigenvalue weighted by molar-refractivity contribution is 6.44. The largest absolute Gasteiger partial charge is 0.352 e. The minimum absolute atomic E-state index is 0.0506. The van der Waals surface area contributed by atoms with Crippen LogP contribution in [-0.2, 0) is 20.9 Å². The highest BCUT2D eigenvalue weighted by Gasteiger charge is 2.45. The molecule has 0 bridgehead atoms. The predicted molar refractivity (Wildman–Crippen MR) is 111 cm³/mol. The number of amides is 5. The van der Waals surface area contributed by atoms with Gasteiger partial charge in [-0.1, -0.05) is 26.0 Å². The van der Waals surface area contributed by atoms with Gasteiger partial charge in [-0.25, -0.2) is 14.1 Å². The number of carbonyl (C=O) groups excluding carboxylic acids is 4. The van der Waals surface area contributed by atoms with E-state index in [1.807, 2.05) is 18.7 Å². The van der Waals surface area contributed by atoms with Crippen molar-refractivity contribution in [1.82, 2.24) is 20.0 Å². The lowest BCUT2D eigenvalue weighted by molar-refractivity contribution is -0.144. The number of hydrogen-bond acceptors (Lipinski definition) is 5. The third kappa shape index (κ3) is 5.28. The Morgan fingerprint density at radius 1 is 1.13 bits per heavy atom. The van der Waals surface area contributed by atoms with Gasteiger partial charge in [-0.2, -0.15) is 0 Å². The van der Waals surface area contributed by atoms with Crippen LogP contribution in [0.1, 0.15) is 37.8 Å². The van der Waals surface area contributed by atoms with Crippen LogP contribution in [-0.4, -0.2) is 64.8 Å². The molecule has 1 N–H and O–H groups in total. The van der Waals surface area contributed by atoms with Crippen molar-refractivity contribution in [3.63, 3.8) is 0 Å². The number of hydrogen-bond donors (Lipinski definition) is 1. The molecule has 0 saturated carbocycles. The topological polar surface area (TPSA) is 90.0 Å². The van der Waals surface area contributed by atoms with Crippen molar-refractivity contribution in [3.05, 3.63) is 35.1 Å². The first-order valence-electron chi connectivity index (χ1n) is 10.6. The molecule has 9 heteroatoms. The highest BCUT2D eigenvalue weighted by Crippen LogP contribution is 2.20. The van der Waals surface area contributed by atoms with Gasteiger partial charge in [0.15, 0.2) is 0 Å². The second-order valence-electron chi connectivity index (χ2n) is 8.66. The SMILES string of the molecule is Cc1ccc(CNC(=O)C2CCN(CN3C(=O)C(=O)N(CC(C)C)C3=O)CC2)cc1F. The van der Waals surface area contributed by atoms with Crippen LogP contribution < -0.4 is 5.32 Å². The number of aryl methyl sites for hydroxylation is 1. The maximum atomic E-state index is 13.6. The first-order chi connectivity index (χ1) is 14.7. The quantitative estimate of drug-likeness (QED) is 0.525. The lowest BCUT2D eigenvalue weighted by Crippen LogP contribution is -2.47. The monoisotopic (exact) mass is 432 g/mol. The Bertz CT molecular complexity index is 880. The molecule has 2 aliphatic rings. The summed E-state index contributed by atoms with van der Waals surface area (Å²) in [6, 6.07) is 4.32. The minimum atomic E-state index is -0.796. The van der Waals surface area contributed by atoms with Crippen LogP contribution in [0.5, 0.6) is 0 Å². The van der Waals surface area contributed by atoms with E-state index >= 15 is 0 Å². The number of nitrogens with zero attached hydrogens (tertiary/aromatic N) is 3. The lowest BCUT2D eigenvalue weighted by Gasteiger charge is -2.33. The van der Waals surface area contributed by atoms with Gasteiger partial charge in [-0.3, -0.25) is 24.2 Å². The summed E-state index contributed by atoms with van der Waals surface area (Å²) in [5.74, 6) is -2.07. The van der Waals surface area contributed by atoms with E-state index in [9.17, 15) is 23.6 Å². The number of nitrogens with one attached hydrogen (secondary N) is 1. The summed E-state index contributed by atoms with van der Waals surface area (Å²) in [4.78, 5) is 53.1. The molecule has 8 nitrogen and oxygen atoms in total. The Kier molecular flexibility index (Phi) is 7.04. The maximum Gasteiger partial charge on any atom is 0.335 e. The fourth-order valence-corrected chi connectivity index (χ4v) is 3.82. The van der Waals surface area contributed by atoms with Crippen molar-refractivity contribution in [2.75, 3.05) is 26.3 Å². The van der Waals surface area contributed by atoms with Crippen LogP contribution in [0.2, 0.25) is 0 Å². The van der Waals surface area contributed by atoms with Crippen molar-refractivity contribution in [2.24, 2.45) is 11.8 Å². The molecule has 0 aromatic heterocycles. The molecule has 31 heavy (non-hydrogen) atoms. The molecule has 3 rings (SSSR count). The summed E-state index contributed by atoms with van der Waals surface area (Å²) in [6.07, 6.45) is 1.15. The number of benzene rings is 1. The van der Waals surface area contributed by atoms with Crippen LogP contribution in [0.15, 0.2) is 18.2 Å². The Morgan fingerprint density at radius 2 is 1.77 bits per heavy atom. The van der Waals surface area contributed by atoms with Gasteiger partial charge >= 0.3 is 17.8 Å². The lowest BCUT2D eigenvalue weighted by atomic mass is 9.96. The first kappa shape index (κ1) is 22.9. The summed E-state index contributed by atoms with van der Waals surface area (Å²) in [6.45, 7) is 7.03. The first-order valence-corrected chi connectivity index (χ1v) is 10.6. The van der Waals surface area contributed by atoms with E-state index in [1.165, 1.54) is 6.07 Å². The summed E-state index contributed by atoms with van der Waals surface area (Å²) in [7, 11) is 0. The van der Waals surface area contributed by atoms with Crippen molar-refractivity contribution in [3.8, 4) is 0 Å². The molecular weight excluding hydrogens is 403 g/mol. The summed E-state index contributed by atoms with van der Waals surface area (Å²) in [5.41, 5.74) is 1.27. The van der Waals surface area contributed by atoms with E-state index in [0.29, 0.717) is 37.1 Å². The number of piperidine rings is 1. The zero-order valence-corrected chi connectivity index (χ0v) is 18.2. The number of rotatable bonds is 7. The standard InChI is InChI=1S/C22H29FN4O4/c1-14(2)12-26-20(29)21(30)27(22(26)31)13-25-8-6-17(7-9-25)19(28)24-11-16-5-4-15(3)18(23)10-16/h4-5,10,14,17H,6-9,11-13H2,1-3H3,(H,24,28). The summed E-state index contributed by atoms with van der Waals surface area (Å²) < 4.78 is 13.6. The molecule has 0 spiro atoms. The molecule has 1 aromatic rings. The Morgan fingerprint density at radius 3 is 2.39 bits per heavy atom. The molecule has 2 saturated heterocycles. The van der Waals surface area contributed by atoms with Gasteiger partial charge in [-0.15, -0.1) is 0 Å². The second kappa shape index (κ2) is 9.55.